The summed E-state index contributed by atoms with van der Waals surface area (Å²) in [6.07, 6.45) is 0.678. The predicted molar refractivity (Wildman–Crippen MR) is 53.4 cm³/mol. The standard InChI is InChI=1S/C9H12N2OS/c1-6-7(2)13-9(10-6)11-4-3-8(12)5-11/h3-5H2,1-2H3. The van der Waals surface area contributed by atoms with Crippen molar-refractivity contribution in [3.8, 4) is 0 Å². The Morgan fingerprint density at radius 3 is 2.69 bits per heavy atom. The van der Waals surface area contributed by atoms with Gasteiger partial charge < -0.3 is 4.90 Å². The molecule has 2 heterocycles. The van der Waals surface area contributed by atoms with Gasteiger partial charge in [0.05, 0.1) is 12.2 Å². The number of Topliss-reactive ketones (excluding diaryl/α,β-unsaturated/α-hetero) is 1. The van der Waals surface area contributed by atoms with Gasteiger partial charge in [-0.3, -0.25) is 4.79 Å². The molecule has 3 nitrogen and oxygen atoms in total. The second kappa shape index (κ2) is 3.10. The number of hydrogen-bond acceptors (Lipinski definition) is 4. The third-order valence-corrected chi connectivity index (χ3v) is 3.45. The molecule has 0 bridgehead atoms. The average molecular weight is 196 g/mol. The van der Waals surface area contributed by atoms with Crippen molar-refractivity contribution in [2.24, 2.45) is 0 Å². The van der Waals surface area contributed by atoms with Crippen molar-refractivity contribution in [1.82, 2.24) is 4.98 Å². The lowest BCUT2D eigenvalue weighted by molar-refractivity contribution is -0.116. The van der Waals surface area contributed by atoms with Crippen molar-refractivity contribution in [3.63, 3.8) is 0 Å². The molecule has 1 aliphatic heterocycles. The van der Waals surface area contributed by atoms with Crippen LogP contribution in [0.5, 0.6) is 0 Å². The summed E-state index contributed by atoms with van der Waals surface area (Å²) in [5.74, 6) is 0.325. The largest absolute Gasteiger partial charge is 0.340 e. The fraction of sp³-hybridized carbons (Fsp3) is 0.556. The van der Waals surface area contributed by atoms with Crippen LogP contribution in [0.4, 0.5) is 5.13 Å². The van der Waals surface area contributed by atoms with Crippen molar-refractivity contribution in [2.75, 3.05) is 18.0 Å². The molecule has 0 aromatic carbocycles. The highest BCUT2D eigenvalue weighted by molar-refractivity contribution is 7.15. The molecule has 0 N–H and O–H groups in total. The Morgan fingerprint density at radius 1 is 1.46 bits per heavy atom. The summed E-state index contributed by atoms with van der Waals surface area (Å²) in [5, 5.41) is 1.00. The molecular weight excluding hydrogens is 184 g/mol. The number of thiazole rings is 1. The van der Waals surface area contributed by atoms with Crippen LogP contribution in [0.15, 0.2) is 0 Å². The average Bonchev–Trinajstić information content (AvgIpc) is 2.61. The van der Waals surface area contributed by atoms with Crippen molar-refractivity contribution < 1.29 is 4.79 Å². The Bertz CT molecular complexity index is 326. The van der Waals surface area contributed by atoms with E-state index in [2.05, 4.69) is 16.8 Å². The number of carbonyl (C=O) groups is 1. The van der Waals surface area contributed by atoms with Crippen molar-refractivity contribution >= 4 is 22.3 Å². The molecule has 1 fully saturated rings. The lowest BCUT2D eigenvalue weighted by Crippen LogP contribution is -2.19. The van der Waals surface area contributed by atoms with E-state index in [1.807, 2.05) is 6.92 Å². The summed E-state index contributed by atoms with van der Waals surface area (Å²) < 4.78 is 0. The Balaban J connectivity index is 2.21. The molecule has 0 unspecified atom stereocenters. The molecule has 70 valence electrons. The SMILES string of the molecule is Cc1nc(N2CCC(=O)C2)sc1C. The van der Waals surface area contributed by atoms with Crippen LogP contribution in [-0.4, -0.2) is 23.9 Å². The number of nitrogens with zero attached hydrogens (tertiary/aromatic N) is 2. The number of hydrogen-bond donors (Lipinski definition) is 0. The maximum atomic E-state index is 11.1. The minimum absolute atomic E-state index is 0.325. The van der Waals surface area contributed by atoms with E-state index in [1.54, 1.807) is 11.3 Å². The van der Waals surface area contributed by atoms with Gasteiger partial charge in [0.15, 0.2) is 10.9 Å². The first-order valence-corrected chi connectivity index (χ1v) is 5.19. The van der Waals surface area contributed by atoms with Gasteiger partial charge in [-0.1, -0.05) is 0 Å². The van der Waals surface area contributed by atoms with E-state index in [4.69, 9.17) is 0 Å². The van der Waals surface area contributed by atoms with Crippen LogP contribution in [0, 0.1) is 13.8 Å². The molecule has 0 atom stereocenters. The number of rotatable bonds is 1. The van der Waals surface area contributed by atoms with Crippen LogP contribution in [0.3, 0.4) is 0 Å². The molecule has 0 spiro atoms. The Morgan fingerprint density at radius 2 is 2.23 bits per heavy atom. The summed E-state index contributed by atoms with van der Waals surface area (Å²) in [6, 6.07) is 0. The first kappa shape index (κ1) is 8.69. The number of ketones is 1. The van der Waals surface area contributed by atoms with Gasteiger partial charge in [-0.25, -0.2) is 4.98 Å². The molecule has 0 radical (unpaired) electrons. The zero-order valence-electron chi connectivity index (χ0n) is 7.83. The van der Waals surface area contributed by atoms with E-state index in [0.29, 0.717) is 18.7 Å². The normalized spacial score (nSPS) is 17.1. The molecule has 0 amide bonds. The van der Waals surface area contributed by atoms with Crippen molar-refractivity contribution in [3.05, 3.63) is 10.6 Å². The fourth-order valence-electron chi connectivity index (χ4n) is 1.38. The molecule has 2 rings (SSSR count). The zero-order valence-corrected chi connectivity index (χ0v) is 8.65. The third kappa shape index (κ3) is 1.58. The quantitative estimate of drug-likeness (QED) is 0.683. The first-order chi connectivity index (χ1) is 6.16. The lowest BCUT2D eigenvalue weighted by Gasteiger charge is -2.10. The number of aryl methyl sites for hydroxylation is 2. The van der Waals surface area contributed by atoms with E-state index in [1.165, 1.54) is 4.88 Å². The maximum absolute atomic E-state index is 11.1. The van der Waals surface area contributed by atoms with E-state index in [9.17, 15) is 4.79 Å². The van der Waals surface area contributed by atoms with Crippen LogP contribution in [0.1, 0.15) is 17.0 Å². The van der Waals surface area contributed by atoms with E-state index in [0.717, 1.165) is 17.4 Å². The van der Waals surface area contributed by atoms with Crippen LogP contribution >= 0.6 is 11.3 Å². The molecule has 1 aromatic heterocycles. The third-order valence-electron chi connectivity index (χ3n) is 2.32. The molecule has 1 aromatic rings. The van der Waals surface area contributed by atoms with Crippen molar-refractivity contribution in [1.29, 1.82) is 0 Å². The number of aromatic nitrogens is 1. The number of carbonyl (C=O) groups excluding carboxylic acids is 1. The van der Waals surface area contributed by atoms with E-state index < -0.39 is 0 Å². The predicted octanol–water partition coefficient (Wildman–Crippen LogP) is 1.54. The highest BCUT2D eigenvalue weighted by Crippen LogP contribution is 2.26. The smallest absolute Gasteiger partial charge is 0.186 e. The topological polar surface area (TPSA) is 33.2 Å². The Labute approximate surface area is 81.4 Å². The molecule has 0 aliphatic carbocycles. The summed E-state index contributed by atoms with van der Waals surface area (Å²) >= 11 is 1.68. The van der Waals surface area contributed by atoms with Gasteiger partial charge in [0, 0.05) is 17.8 Å². The van der Waals surface area contributed by atoms with Crippen molar-refractivity contribution in [2.45, 2.75) is 20.3 Å². The summed E-state index contributed by atoms with van der Waals surface area (Å²) in [5.41, 5.74) is 1.08. The van der Waals surface area contributed by atoms with Gasteiger partial charge in [-0.15, -0.1) is 11.3 Å². The van der Waals surface area contributed by atoms with Gasteiger partial charge in [-0.2, -0.15) is 0 Å². The molecule has 0 saturated carbocycles. The Hall–Kier alpha value is -0.900. The molecule has 1 saturated heterocycles. The molecule has 13 heavy (non-hydrogen) atoms. The van der Waals surface area contributed by atoms with Gasteiger partial charge >= 0.3 is 0 Å². The second-order valence-electron chi connectivity index (χ2n) is 3.35. The van der Waals surface area contributed by atoms with E-state index in [-0.39, 0.29) is 0 Å². The molecule has 1 aliphatic rings. The summed E-state index contributed by atoms with van der Waals surface area (Å²) in [6.45, 7) is 5.46. The Kier molecular flexibility index (Phi) is 2.07. The van der Waals surface area contributed by atoms with Gasteiger partial charge in [-0.05, 0) is 13.8 Å². The maximum Gasteiger partial charge on any atom is 0.186 e. The van der Waals surface area contributed by atoms with Gasteiger partial charge in [0.1, 0.15) is 0 Å². The lowest BCUT2D eigenvalue weighted by atomic mass is 10.4. The van der Waals surface area contributed by atoms with Crippen LogP contribution in [0.2, 0.25) is 0 Å². The first-order valence-electron chi connectivity index (χ1n) is 4.37. The summed E-state index contributed by atoms with van der Waals surface area (Å²) in [7, 11) is 0. The summed E-state index contributed by atoms with van der Waals surface area (Å²) in [4.78, 5) is 18.8. The van der Waals surface area contributed by atoms with E-state index >= 15 is 0 Å². The minimum atomic E-state index is 0.325. The molecule has 4 heteroatoms. The van der Waals surface area contributed by atoms with Crippen LogP contribution in [-0.2, 0) is 4.79 Å². The second-order valence-corrected chi connectivity index (χ2v) is 4.53. The van der Waals surface area contributed by atoms with Crippen LogP contribution < -0.4 is 4.90 Å². The van der Waals surface area contributed by atoms with Gasteiger partial charge in [0.25, 0.3) is 0 Å². The monoisotopic (exact) mass is 196 g/mol. The molecular formula is C9H12N2OS. The van der Waals surface area contributed by atoms with Crippen LogP contribution in [0.25, 0.3) is 0 Å². The number of anilines is 1. The highest BCUT2D eigenvalue weighted by Gasteiger charge is 2.22. The zero-order chi connectivity index (χ0) is 9.42. The highest BCUT2D eigenvalue weighted by atomic mass is 32.1. The van der Waals surface area contributed by atoms with Gasteiger partial charge in [0.2, 0.25) is 0 Å². The minimum Gasteiger partial charge on any atom is -0.340 e. The fourth-order valence-corrected chi connectivity index (χ4v) is 2.32.